The van der Waals surface area contributed by atoms with E-state index in [1.165, 1.54) is 14.2 Å². The Bertz CT molecular complexity index is 2030. The van der Waals surface area contributed by atoms with Crippen LogP contribution in [0.15, 0.2) is 69.3 Å². The molecule has 0 aromatic heterocycles. The summed E-state index contributed by atoms with van der Waals surface area (Å²) in [5.41, 5.74) is 12.0. The lowest BCUT2D eigenvalue weighted by Crippen LogP contribution is -2.55. The number of ketones is 4. The average Bonchev–Trinajstić information content (AvgIpc) is 4.01. The first-order chi connectivity index (χ1) is 26.8. The summed E-state index contributed by atoms with van der Waals surface area (Å²) < 4.78 is 22.5. The highest BCUT2D eigenvalue weighted by Crippen LogP contribution is 2.57. The topological polar surface area (TPSA) is 266 Å². The number of nitrogens with two attached hydrogens (primary N) is 2. The van der Waals surface area contributed by atoms with Crippen molar-refractivity contribution in [1.29, 1.82) is 0 Å². The number of methoxy groups -OCH3 is 2. The van der Waals surface area contributed by atoms with E-state index in [0.717, 1.165) is 11.1 Å². The van der Waals surface area contributed by atoms with Gasteiger partial charge in [0.15, 0.2) is 11.4 Å². The van der Waals surface area contributed by atoms with Gasteiger partial charge in [-0.05, 0) is 25.0 Å². The molecule has 0 radical (unpaired) electrons. The van der Waals surface area contributed by atoms with Gasteiger partial charge in [0.2, 0.25) is 23.1 Å². The number of amides is 2. The average molecular weight is 771 g/mol. The van der Waals surface area contributed by atoms with Gasteiger partial charge in [-0.3, -0.25) is 19.2 Å². The Hall–Kier alpha value is -5.56. The van der Waals surface area contributed by atoms with Crippen LogP contribution in [0, 0.1) is 11.8 Å². The maximum absolute atomic E-state index is 14.2. The molecule has 1 aromatic rings. The molecule has 2 aliphatic carbocycles. The van der Waals surface area contributed by atoms with Crippen molar-refractivity contribution in [3.05, 3.63) is 80.5 Å². The maximum atomic E-state index is 14.2. The highest BCUT2D eigenvalue weighted by atomic mass is 16.6. The molecule has 9 rings (SSSR count). The van der Waals surface area contributed by atoms with E-state index in [4.69, 9.17) is 30.4 Å². The molecule has 6 heterocycles. The molecule has 18 nitrogen and oxygen atoms in total. The third-order valence-corrected chi connectivity index (χ3v) is 12.8. The van der Waals surface area contributed by atoms with E-state index in [1.807, 2.05) is 34.1 Å². The molecule has 2 amide bonds. The highest BCUT2D eigenvalue weighted by molar-refractivity contribution is 6.26. The Morgan fingerprint density at radius 1 is 0.696 bits per heavy atom. The number of allylic oxidation sites excluding steroid dienone is 4. The Morgan fingerprint density at radius 2 is 1.07 bits per heavy atom. The number of nitrogens with zero attached hydrogens (tertiary/aromatic N) is 2. The van der Waals surface area contributed by atoms with Crippen LogP contribution in [0.1, 0.15) is 25.0 Å². The van der Waals surface area contributed by atoms with Crippen LogP contribution in [-0.2, 0) is 51.2 Å². The predicted molar refractivity (Wildman–Crippen MR) is 192 cm³/mol. The first kappa shape index (κ1) is 36.1. The minimum atomic E-state index is -1.07. The van der Waals surface area contributed by atoms with E-state index >= 15 is 0 Å². The van der Waals surface area contributed by atoms with Crippen molar-refractivity contribution < 1.29 is 47.7 Å². The van der Waals surface area contributed by atoms with Crippen LogP contribution in [-0.4, -0.2) is 121 Å². The number of carbonyl (C=O) groups excluding carboxylic acids is 6. The number of fused-ring (bicyclic) bond motifs is 8. The van der Waals surface area contributed by atoms with E-state index in [1.54, 1.807) is 13.8 Å². The van der Waals surface area contributed by atoms with Crippen molar-refractivity contribution in [3.8, 4) is 0 Å². The second-order valence-electron chi connectivity index (χ2n) is 15.4. The third kappa shape index (κ3) is 4.82. The fourth-order valence-electron chi connectivity index (χ4n) is 10.2. The Kier molecular flexibility index (Phi) is 8.04. The Labute approximate surface area is 320 Å². The van der Waals surface area contributed by atoms with Crippen LogP contribution in [0.5, 0.6) is 0 Å². The second kappa shape index (κ2) is 12.5. The number of Topliss-reactive ketones (excluding diaryl/α,β-unsaturated/α-hetero) is 4. The molecule has 18 heteroatoms. The van der Waals surface area contributed by atoms with Crippen LogP contribution in [0.25, 0.3) is 0 Å². The molecule has 4 fully saturated rings. The van der Waals surface area contributed by atoms with Crippen LogP contribution in [0.4, 0.5) is 9.59 Å². The fourth-order valence-corrected chi connectivity index (χ4v) is 10.2. The number of hydrogen-bond donors (Lipinski definition) is 6. The monoisotopic (exact) mass is 770 g/mol. The van der Waals surface area contributed by atoms with Crippen LogP contribution >= 0.6 is 0 Å². The summed E-state index contributed by atoms with van der Waals surface area (Å²) in [7, 11) is 3.04. The van der Waals surface area contributed by atoms with Gasteiger partial charge < -0.3 is 61.5 Å². The standard InChI is InChI=1S/C38H42N8O10/c1-15-25(31(49)23-19(13-55-35(39)51)37(53-3)33-21(43-33)11-45(37)27(23)29(15)47)41-9-17-5-7-18(8-6-17)10-42-26-16(2)30(48)28-24(32(26)50)20(14-56-36(40)52)38(54-4)34-22(44-34)12-46(28)38/h5-8,19-22,33-34,41-44H,9-14H2,1-4H3,(H2,39,51)(H2,40,52)/t19-,20-,21?,22?,33+,34+,37-,38-/m1/s1. The van der Waals surface area contributed by atoms with E-state index < -0.39 is 35.5 Å². The molecule has 8 atom stereocenters. The number of carbonyl (C=O) groups is 6. The molecule has 8 aliphatic rings. The highest BCUT2D eigenvalue weighted by Gasteiger charge is 2.74. The van der Waals surface area contributed by atoms with Gasteiger partial charge in [-0.1, -0.05) is 24.3 Å². The largest absolute Gasteiger partial charge is 0.449 e. The molecule has 4 saturated heterocycles. The summed E-state index contributed by atoms with van der Waals surface area (Å²) in [5, 5.41) is 13.0. The molecule has 0 bridgehead atoms. The molecular formula is C38H42N8O10. The minimum Gasteiger partial charge on any atom is -0.449 e. The second-order valence-corrected chi connectivity index (χ2v) is 15.4. The van der Waals surface area contributed by atoms with Gasteiger partial charge in [0, 0.05) is 74.8 Å². The zero-order chi connectivity index (χ0) is 39.6. The zero-order valence-corrected chi connectivity index (χ0v) is 31.1. The number of benzene rings is 1. The lowest BCUT2D eigenvalue weighted by atomic mass is 9.82. The lowest BCUT2D eigenvalue weighted by molar-refractivity contribution is -0.137. The van der Waals surface area contributed by atoms with Gasteiger partial charge in [-0.15, -0.1) is 0 Å². The van der Waals surface area contributed by atoms with Gasteiger partial charge in [0.05, 0.1) is 46.7 Å². The van der Waals surface area contributed by atoms with E-state index in [0.29, 0.717) is 13.1 Å². The van der Waals surface area contributed by atoms with E-state index in [9.17, 15) is 28.8 Å². The molecule has 56 heavy (non-hydrogen) atoms. The molecule has 1 aromatic carbocycles. The van der Waals surface area contributed by atoms with Crippen molar-refractivity contribution in [2.24, 2.45) is 23.3 Å². The normalized spacial score (nSPS) is 33.4. The van der Waals surface area contributed by atoms with E-state index in [2.05, 4.69) is 21.3 Å². The van der Waals surface area contributed by atoms with Crippen molar-refractivity contribution in [1.82, 2.24) is 31.1 Å². The number of nitrogens with one attached hydrogen (secondary N) is 4. The maximum Gasteiger partial charge on any atom is 0.404 e. The van der Waals surface area contributed by atoms with Crippen LogP contribution < -0.4 is 32.7 Å². The summed E-state index contributed by atoms with van der Waals surface area (Å²) in [6.45, 7) is 4.14. The smallest absolute Gasteiger partial charge is 0.404 e. The first-order valence-electron chi connectivity index (χ1n) is 18.5. The summed E-state index contributed by atoms with van der Waals surface area (Å²) >= 11 is 0. The van der Waals surface area contributed by atoms with Crippen LogP contribution in [0.3, 0.4) is 0 Å². The summed E-state index contributed by atoms with van der Waals surface area (Å²) in [5.74, 6) is -2.83. The molecule has 6 aliphatic heterocycles. The fraction of sp³-hybridized carbons (Fsp3) is 0.474. The van der Waals surface area contributed by atoms with Gasteiger partial charge in [-0.25, -0.2) is 9.59 Å². The van der Waals surface area contributed by atoms with Gasteiger partial charge in [0.25, 0.3) is 0 Å². The molecule has 8 N–H and O–H groups in total. The zero-order valence-electron chi connectivity index (χ0n) is 31.1. The number of rotatable bonds is 12. The molecular weight excluding hydrogens is 728 g/mol. The number of primary amides is 2. The molecule has 0 saturated carbocycles. The minimum absolute atomic E-state index is 0.0837. The van der Waals surface area contributed by atoms with Crippen molar-refractivity contribution in [3.63, 3.8) is 0 Å². The Morgan fingerprint density at radius 3 is 1.41 bits per heavy atom. The number of piperazine rings is 2. The van der Waals surface area contributed by atoms with Crippen molar-refractivity contribution >= 4 is 35.3 Å². The third-order valence-electron chi connectivity index (χ3n) is 12.8. The van der Waals surface area contributed by atoms with Crippen molar-refractivity contribution in [2.75, 3.05) is 40.5 Å². The predicted octanol–water partition coefficient (Wildman–Crippen LogP) is -1.33. The van der Waals surface area contributed by atoms with Gasteiger partial charge in [0.1, 0.15) is 13.2 Å². The lowest BCUT2D eigenvalue weighted by Gasteiger charge is -2.39. The molecule has 0 spiro atoms. The van der Waals surface area contributed by atoms with Crippen molar-refractivity contribution in [2.45, 2.75) is 62.6 Å². The van der Waals surface area contributed by atoms with Gasteiger partial charge in [-0.2, -0.15) is 0 Å². The van der Waals surface area contributed by atoms with E-state index in [-0.39, 0.29) is 119 Å². The summed E-state index contributed by atoms with van der Waals surface area (Å²) in [4.78, 5) is 83.0. The quantitative estimate of drug-likeness (QED) is 0.106. The molecule has 294 valence electrons. The summed E-state index contributed by atoms with van der Waals surface area (Å²) in [6, 6.07) is 7.28. The number of hydrogen-bond acceptors (Lipinski definition) is 16. The summed E-state index contributed by atoms with van der Waals surface area (Å²) in [6.07, 6.45) is -1.98. The SMILES string of the molecule is CO[C@@]12[C@H](COC(N)=O)C3=C(C(=O)C(C)=C(NCc4ccc(CNC5=C(C)C(=O)C6=C(C5=O)[C@@H](COC(N)=O)[C@@]5(OC)[C@H]7NC7CN65)cc4)C3=O)N1CC1N[C@@H]12. The molecule has 2 unspecified atom stereocenters. The van der Waals surface area contributed by atoms with Gasteiger partial charge >= 0.3 is 12.2 Å². The Balaban J connectivity index is 0.886. The van der Waals surface area contributed by atoms with Crippen LogP contribution in [0.2, 0.25) is 0 Å². The number of ether oxygens (including phenoxy) is 4. The first-order valence-corrected chi connectivity index (χ1v) is 18.5.